The molecule has 0 unspecified atom stereocenters. The van der Waals surface area contributed by atoms with Crippen LogP contribution in [0.4, 0.5) is 11.8 Å². The second kappa shape index (κ2) is 6.71. The Labute approximate surface area is 152 Å². The Morgan fingerprint density at radius 3 is 2.88 bits per heavy atom. The second-order valence-electron chi connectivity index (χ2n) is 5.65. The van der Waals surface area contributed by atoms with Crippen LogP contribution in [-0.4, -0.2) is 32.2 Å². The summed E-state index contributed by atoms with van der Waals surface area (Å²) >= 11 is 1.31. The lowest BCUT2D eigenvalue weighted by Gasteiger charge is -2.27. The number of hydrogen-bond donors (Lipinski definition) is 1. The molecule has 1 N–H and O–H groups in total. The van der Waals surface area contributed by atoms with Gasteiger partial charge in [0, 0.05) is 41.7 Å². The molecule has 1 aliphatic rings. The van der Waals surface area contributed by atoms with Gasteiger partial charge in [0.05, 0.1) is 13.2 Å². The fourth-order valence-electron chi connectivity index (χ4n) is 2.76. The number of fused-ring (bicyclic) bond motifs is 1. The summed E-state index contributed by atoms with van der Waals surface area (Å²) in [6.45, 7) is 2.53. The van der Waals surface area contributed by atoms with Gasteiger partial charge < -0.3 is 18.5 Å². The number of rotatable bonds is 3. The minimum Gasteiger partial charge on any atom is -0.448 e. The van der Waals surface area contributed by atoms with E-state index in [4.69, 9.17) is 20.0 Å². The smallest absolute Gasteiger partial charge is 0.302 e. The molecule has 132 valence electrons. The summed E-state index contributed by atoms with van der Waals surface area (Å²) in [5, 5.41) is 4.27. The fraction of sp³-hybridized carbons (Fsp3) is 0.222. The lowest BCUT2D eigenvalue weighted by Crippen LogP contribution is -2.36. The summed E-state index contributed by atoms with van der Waals surface area (Å²) in [5.41, 5.74) is 1.82. The third kappa shape index (κ3) is 2.98. The van der Waals surface area contributed by atoms with Crippen molar-refractivity contribution in [3.05, 3.63) is 34.0 Å². The molecule has 0 atom stereocenters. The minimum absolute atomic E-state index is 0.0895. The maximum absolute atomic E-state index is 12.5. The van der Waals surface area contributed by atoms with Gasteiger partial charge >= 0.3 is 5.91 Å². The molecule has 1 amide bonds. The van der Waals surface area contributed by atoms with Crippen LogP contribution in [-0.2, 0) is 9.53 Å². The highest BCUT2D eigenvalue weighted by Crippen LogP contribution is 2.36. The van der Waals surface area contributed by atoms with Crippen molar-refractivity contribution in [3.8, 4) is 23.5 Å². The lowest BCUT2D eigenvalue weighted by molar-refractivity contribution is -0.111. The van der Waals surface area contributed by atoms with Gasteiger partial charge in [-0.15, -0.1) is 17.8 Å². The van der Waals surface area contributed by atoms with Gasteiger partial charge in [-0.05, 0) is 5.92 Å². The molecule has 26 heavy (non-hydrogen) atoms. The van der Waals surface area contributed by atoms with E-state index >= 15 is 0 Å². The van der Waals surface area contributed by atoms with E-state index in [1.165, 1.54) is 23.7 Å². The third-order valence-electron chi connectivity index (χ3n) is 4.03. The standard InChI is InChI=1S/C18H14N2O5S/c1-2-14(22)19-15-7-11(9-24-15)12-10-26-18-13(21)8-16(25-17(12)18)20-3-5-23-6-4-20/h1,7-10H,3-6H2,(H,19,22). The predicted molar refractivity (Wildman–Crippen MR) is 98.6 cm³/mol. The molecule has 3 aromatic heterocycles. The van der Waals surface area contributed by atoms with Crippen LogP contribution in [0.1, 0.15) is 0 Å². The molecule has 1 fully saturated rings. The number of terminal acetylenes is 1. The Morgan fingerprint density at radius 1 is 1.31 bits per heavy atom. The molecular formula is C18H14N2O5S. The SMILES string of the molecule is C#CC(=O)Nc1cc(-c2csc3c(=O)cc(N4CCOCC4)oc23)co1. The fourth-order valence-corrected chi connectivity index (χ4v) is 3.67. The molecule has 0 radical (unpaired) electrons. The van der Waals surface area contributed by atoms with Crippen molar-refractivity contribution in [1.82, 2.24) is 0 Å². The zero-order valence-corrected chi connectivity index (χ0v) is 14.4. The number of nitrogens with one attached hydrogen (secondary N) is 1. The van der Waals surface area contributed by atoms with E-state index in [0.717, 1.165) is 5.56 Å². The second-order valence-corrected chi connectivity index (χ2v) is 6.53. The van der Waals surface area contributed by atoms with Crippen LogP contribution in [0.25, 0.3) is 21.4 Å². The number of carbonyl (C=O) groups excluding carboxylic acids is 1. The van der Waals surface area contributed by atoms with E-state index in [1.807, 2.05) is 16.2 Å². The summed E-state index contributed by atoms with van der Waals surface area (Å²) in [5.74, 6) is 2.11. The molecule has 0 aliphatic carbocycles. The maximum Gasteiger partial charge on any atom is 0.302 e. The molecule has 7 nitrogen and oxygen atoms in total. The number of morpholine rings is 1. The van der Waals surface area contributed by atoms with Crippen molar-refractivity contribution in [1.29, 1.82) is 0 Å². The maximum atomic E-state index is 12.5. The van der Waals surface area contributed by atoms with Crippen molar-refractivity contribution in [2.75, 3.05) is 36.5 Å². The quantitative estimate of drug-likeness (QED) is 0.713. The third-order valence-corrected chi connectivity index (χ3v) is 5.01. The number of carbonyl (C=O) groups is 1. The average molecular weight is 370 g/mol. The van der Waals surface area contributed by atoms with Crippen LogP contribution in [0.2, 0.25) is 0 Å². The lowest BCUT2D eigenvalue weighted by atomic mass is 10.1. The average Bonchev–Trinajstić information content (AvgIpc) is 3.29. The van der Waals surface area contributed by atoms with Gasteiger partial charge in [0.15, 0.2) is 11.5 Å². The minimum atomic E-state index is -0.595. The molecule has 8 heteroatoms. The van der Waals surface area contributed by atoms with Crippen LogP contribution < -0.4 is 15.6 Å². The zero-order valence-electron chi connectivity index (χ0n) is 13.6. The number of anilines is 2. The first-order valence-electron chi connectivity index (χ1n) is 7.90. The molecule has 4 rings (SSSR count). The van der Waals surface area contributed by atoms with Gasteiger partial charge in [0.2, 0.25) is 11.3 Å². The van der Waals surface area contributed by atoms with Crippen molar-refractivity contribution in [2.24, 2.45) is 0 Å². The van der Waals surface area contributed by atoms with Crippen LogP contribution >= 0.6 is 11.3 Å². The van der Waals surface area contributed by atoms with Crippen LogP contribution in [0.5, 0.6) is 0 Å². The summed E-state index contributed by atoms with van der Waals surface area (Å²) < 4.78 is 17.2. The Balaban J connectivity index is 1.74. The first-order valence-corrected chi connectivity index (χ1v) is 8.78. The highest BCUT2D eigenvalue weighted by Gasteiger charge is 2.19. The predicted octanol–water partition coefficient (Wildman–Crippen LogP) is 2.52. The Morgan fingerprint density at radius 2 is 2.12 bits per heavy atom. The molecule has 0 aromatic carbocycles. The zero-order chi connectivity index (χ0) is 18.1. The number of thiophene rings is 1. The molecule has 1 saturated heterocycles. The van der Waals surface area contributed by atoms with Gasteiger partial charge in [0.1, 0.15) is 11.0 Å². The van der Waals surface area contributed by atoms with Gasteiger partial charge in [-0.1, -0.05) is 0 Å². The van der Waals surface area contributed by atoms with Crippen molar-refractivity contribution in [2.45, 2.75) is 0 Å². The van der Waals surface area contributed by atoms with Crippen LogP contribution in [0, 0.1) is 12.3 Å². The molecular weight excluding hydrogens is 356 g/mol. The van der Waals surface area contributed by atoms with E-state index in [1.54, 1.807) is 6.07 Å². The summed E-state index contributed by atoms with van der Waals surface area (Å²) in [6, 6.07) is 3.15. The Bertz CT molecular complexity index is 1070. The number of nitrogens with zero attached hydrogens (tertiary/aromatic N) is 1. The van der Waals surface area contributed by atoms with Gasteiger partial charge in [0.25, 0.3) is 0 Å². The summed E-state index contributed by atoms with van der Waals surface area (Å²) in [6.07, 6.45) is 6.52. The highest BCUT2D eigenvalue weighted by molar-refractivity contribution is 7.17. The monoisotopic (exact) mass is 370 g/mol. The van der Waals surface area contributed by atoms with Crippen molar-refractivity contribution >= 4 is 39.3 Å². The molecule has 3 aromatic rings. The summed E-state index contributed by atoms with van der Waals surface area (Å²) in [4.78, 5) is 25.7. The number of ether oxygens (including phenoxy) is 1. The van der Waals surface area contributed by atoms with E-state index in [9.17, 15) is 9.59 Å². The largest absolute Gasteiger partial charge is 0.448 e. The van der Waals surface area contributed by atoms with Gasteiger partial charge in [-0.2, -0.15) is 0 Å². The Kier molecular flexibility index (Phi) is 4.24. The van der Waals surface area contributed by atoms with Gasteiger partial charge in [-0.3, -0.25) is 14.9 Å². The molecule has 0 spiro atoms. The molecule has 0 bridgehead atoms. The van der Waals surface area contributed by atoms with E-state index in [2.05, 4.69) is 5.32 Å². The Hall–Kier alpha value is -3.02. The van der Waals surface area contributed by atoms with Crippen molar-refractivity contribution < 1.29 is 18.4 Å². The molecule has 0 saturated carbocycles. The number of furan rings is 1. The van der Waals surface area contributed by atoms with E-state index in [-0.39, 0.29) is 11.3 Å². The van der Waals surface area contributed by atoms with Gasteiger partial charge in [-0.25, -0.2) is 0 Å². The van der Waals surface area contributed by atoms with Crippen LogP contribution in [0.15, 0.2) is 37.4 Å². The van der Waals surface area contributed by atoms with E-state index < -0.39 is 5.91 Å². The van der Waals surface area contributed by atoms with Crippen molar-refractivity contribution in [3.63, 3.8) is 0 Å². The van der Waals surface area contributed by atoms with E-state index in [0.29, 0.717) is 48.0 Å². The summed E-state index contributed by atoms with van der Waals surface area (Å²) in [7, 11) is 0. The first kappa shape index (κ1) is 16.4. The highest BCUT2D eigenvalue weighted by atomic mass is 32.1. The van der Waals surface area contributed by atoms with Crippen LogP contribution in [0.3, 0.4) is 0 Å². The topological polar surface area (TPSA) is 84.9 Å². The number of amides is 1. The normalized spacial score (nSPS) is 14.3. The molecule has 1 aliphatic heterocycles. The first-order chi connectivity index (χ1) is 12.7. The number of hydrogen-bond acceptors (Lipinski definition) is 7. The molecule has 4 heterocycles.